The Bertz CT molecular complexity index is 1860. The maximum Gasteiger partial charge on any atom is 0.154 e. The van der Waals surface area contributed by atoms with Crippen molar-refractivity contribution in [1.29, 1.82) is 0 Å². The molecule has 4 aliphatic rings. The van der Waals surface area contributed by atoms with Crippen LogP contribution in [0.1, 0.15) is 57.1 Å². The van der Waals surface area contributed by atoms with Crippen molar-refractivity contribution in [1.82, 2.24) is 40.3 Å². The van der Waals surface area contributed by atoms with Gasteiger partial charge in [-0.3, -0.25) is 9.97 Å². The molecular formula is C34H39N11. The first-order valence-electron chi connectivity index (χ1n) is 16.5. The van der Waals surface area contributed by atoms with Crippen LogP contribution in [0.5, 0.6) is 0 Å². The monoisotopic (exact) mass is 601 g/mol. The predicted octanol–water partition coefficient (Wildman–Crippen LogP) is 5.20. The molecule has 9 heterocycles. The van der Waals surface area contributed by atoms with Crippen molar-refractivity contribution in [3.05, 3.63) is 60.7 Å². The van der Waals surface area contributed by atoms with Crippen LogP contribution < -0.4 is 26.6 Å². The largest absolute Gasteiger partial charge is 0.367 e. The first-order chi connectivity index (χ1) is 22.1. The van der Waals surface area contributed by atoms with Crippen LogP contribution in [0.15, 0.2) is 55.0 Å². The summed E-state index contributed by atoms with van der Waals surface area (Å²) >= 11 is 0. The SMILES string of the molecule is Cc1cc(Nc2cc3ncccc3c(NC3C[C@H]4CC[C@@H](C3)N4)n2)nn1-c1cnc(NC2C[C@H]3CC[C@@H](C2)N3)c2cccnc12. The molecule has 0 amide bonds. The first-order valence-corrected chi connectivity index (χ1v) is 16.5. The molecule has 230 valence electrons. The number of aromatic nitrogens is 6. The maximum atomic E-state index is 5.04. The van der Waals surface area contributed by atoms with Crippen molar-refractivity contribution >= 4 is 45.1 Å². The quantitative estimate of drug-likeness (QED) is 0.170. The van der Waals surface area contributed by atoms with Gasteiger partial charge in [0.05, 0.1) is 11.7 Å². The minimum atomic E-state index is 0.395. The normalized spacial score (nSPS) is 27.2. The number of fused-ring (bicyclic) bond motifs is 6. The molecular weight excluding hydrogens is 562 g/mol. The second-order valence-corrected chi connectivity index (χ2v) is 13.4. The average molecular weight is 602 g/mol. The number of anilines is 4. The second kappa shape index (κ2) is 10.9. The third-order valence-electron chi connectivity index (χ3n) is 10.2. The highest BCUT2D eigenvalue weighted by molar-refractivity contribution is 5.94. The van der Waals surface area contributed by atoms with Crippen molar-refractivity contribution in [2.75, 3.05) is 16.0 Å². The summed E-state index contributed by atoms with van der Waals surface area (Å²) in [4.78, 5) is 19.4. The van der Waals surface area contributed by atoms with Crippen molar-refractivity contribution in [3.8, 4) is 5.69 Å². The number of rotatable bonds is 7. The van der Waals surface area contributed by atoms with E-state index in [4.69, 9.17) is 20.1 Å². The van der Waals surface area contributed by atoms with E-state index >= 15 is 0 Å². The lowest BCUT2D eigenvalue weighted by molar-refractivity contribution is 0.377. The zero-order valence-electron chi connectivity index (χ0n) is 25.5. The van der Waals surface area contributed by atoms with Gasteiger partial charge in [-0.05, 0) is 82.6 Å². The molecule has 0 aliphatic carbocycles. The summed E-state index contributed by atoms with van der Waals surface area (Å²) < 4.78 is 1.92. The highest BCUT2D eigenvalue weighted by Gasteiger charge is 2.35. The van der Waals surface area contributed by atoms with E-state index in [1.54, 1.807) is 0 Å². The molecule has 5 N–H and O–H groups in total. The number of pyridine rings is 4. The molecule has 6 atom stereocenters. The number of hydrogen-bond donors (Lipinski definition) is 5. The fourth-order valence-corrected chi connectivity index (χ4v) is 8.22. The van der Waals surface area contributed by atoms with Crippen molar-refractivity contribution in [3.63, 3.8) is 0 Å². The maximum absolute atomic E-state index is 5.04. The highest BCUT2D eigenvalue weighted by Crippen LogP contribution is 2.34. The predicted molar refractivity (Wildman–Crippen MR) is 177 cm³/mol. The smallest absolute Gasteiger partial charge is 0.154 e. The zero-order chi connectivity index (χ0) is 29.9. The molecule has 5 aromatic rings. The Kier molecular flexibility index (Phi) is 6.55. The molecule has 11 heteroatoms. The summed E-state index contributed by atoms with van der Waals surface area (Å²) in [7, 11) is 0. The minimum absolute atomic E-state index is 0.395. The Morgan fingerprint density at radius 3 is 2.09 bits per heavy atom. The van der Waals surface area contributed by atoms with Crippen molar-refractivity contribution in [2.24, 2.45) is 0 Å². The van der Waals surface area contributed by atoms with Gasteiger partial charge in [0.1, 0.15) is 28.7 Å². The van der Waals surface area contributed by atoms with Gasteiger partial charge >= 0.3 is 0 Å². The lowest BCUT2D eigenvalue weighted by atomic mass is 9.99. The fraction of sp³-hybridized carbons (Fsp3) is 0.441. The topological polar surface area (TPSA) is 130 Å². The average Bonchev–Trinajstić information content (AvgIpc) is 3.71. The third-order valence-corrected chi connectivity index (χ3v) is 10.2. The molecule has 4 fully saturated rings. The summed E-state index contributed by atoms with van der Waals surface area (Å²) in [6.07, 6.45) is 15.1. The molecule has 0 aromatic carbocycles. The molecule has 4 aliphatic heterocycles. The Morgan fingerprint density at radius 1 is 0.733 bits per heavy atom. The van der Waals surface area contributed by atoms with Crippen molar-refractivity contribution < 1.29 is 0 Å². The molecule has 9 rings (SSSR count). The number of nitrogens with zero attached hydrogens (tertiary/aromatic N) is 6. The standard InChI is InChI=1S/C34H39N11/c1-19-12-31(42-30-17-28-26(4-2-10-35-28)34(43-30)41-25-15-22-8-9-23(16-25)39-22)44-45(19)29-18-37-33(27-5-3-11-36-32(27)29)40-24-13-20-6-7-21(14-24)38-20/h2-5,10-12,17-18,20-25,38-39H,6-9,13-16H2,1H3,(H,37,40)(H2,41,42,43,44)/t20-,21+,22-,23+,24?,25?. The van der Waals surface area contributed by atoms with Crippen LogP contribution in [0.3, 0.4) is 0 Å². The molecule has 5 aromatic heterocycles. The van der Waals surface area contributed by atoms with Gasteiger partial charge in [0.25, 0.3) is 0 Å². The molecule has 11 nitrogen and oxygen atoms in total. The van der Waals surface area contributed by atoms with Gasteiger partial charge in [0.2, 0.25) is 0 Å². The molecule has 0 saturated carbocycles. The van der Waals surface area contributed by atoms with E-state index in [2.05, 4.69) is 50.6 Å². The summed E-state index contributed by atoms with van der Waals surface area (Å²) in [5.41, 5.74) is 3.60. The van der Waals surface area contributed by atoms with Gasteiger partial charge < -0.3 is 26.6 Å². The van der Waals surface area contributed by atoms with Crippen LogP contribution in [-0.4, -0.2) is 66.0 Å². The van der Waals surface area contributed by atoms with Crippen LogP contribution >= 0.6 is 0 Å². The fourth-order valence-electron chi connectivity index (χ4n) is 8.22. The molecule has 45 heavy (non-hydrogen) atoms. The third kappa shape index (κ3) is 5.13. The molecule has 4 bridgehead atoms. The Hall–Kier alpha value is -4.35. The van der Waals surface area contributed by atoms with E-state index in [0.29, 0.717) is 47.9 Å². The lowest BCUT2D eigenvalue weighted by Gasteiger charge is -2.30. The zero-order valence-corrected chi connectivity index (χ0v) is 25.5. The molecule has 0 radical (unpaired) electrons. The molecule has 4 saturated heterocycles. The van der Waals surface area contributed by atoms with Crippen LogP contribution in [0.2, 0.25) is 0 Å². The van der Waals surface area contributed by atoms with Crippen molar-refractivity contribution in [2.45, 2.75) is 94.5 Å². The second-order valence-electron chi connectivity index (χ2n) is 13.4. The summed E-state index contributed by atoms with van der Waals surface area (Å²) in [6.45, 7) is 2.05. The summed E-state index contributed by atoms with van der Waals surface area (Å²) in [6, 6.07) is 15.4. The van der Waals surface area contributed by atoms with E-state index in [9.17, 15) is 0 Å². The van der Waals surface area contributed by atoms with E-state index in [0.717, 1.165) is 70.5 Å². The van der Waals surface area contributed by atoms with E-state index in [-0.39, 0.29) is 0 Å². The van der Waals surface area contributed by atoms with E-state index < -0.39 is 0 Å². The van der Waals surface area contributed by atoms with Crippen LogP contribution in [0.4, 0.5) is 23.3 Å². The van der Waals surface area contributed by atoms with E-state index in [1.807, 2.05) is 47.5 Å². The highest BCUT2D eigenvalue weighted by atomic mass is 15.3. The molecule has 2 unspecified atom stereocenters. The minimum Gasteiger partial charge on any atom is -0.367 e. The summed E-state index contributed by atoms with van der Waals surface area (Å²) in [5.74, 6) is 3.18. The summed E-state index contributed by atoms with van der Waals surface area (Å²) in [5, 5.41) is 25.5. The van der Waals surface area contributed by atoms with Gasteiger partial charge in [-0.2, -0.15) is 0 Å². The lowest BCUT2D eigenvalue weighted by Crippen LogP contribution is -2.43. The Labute approximate surface area is 262 Å². The first kappa shape index (κ1) is 27.0. The van der Waals surface area contributed by atoms with E-state index in [1.165, 1.54) is 25.7 Å². The number of hydrogen-bond acceptors (Lipinski definition) is 10. The van der Waals surface area contributed by atoms with Crippen LogP contribution in [-0.2, 0) is 0 Å². The Morgan fingerprint density at radius 2 is 1.38 bits per heavy atom. The van der Waals surface area contributed by atoms with Gasteiger partial charge in [0.15, 0.2) is 5.82 Å². The van der Waals surface area contributed by atoms with Crippen LogP contribution in [0.25, 0.3) is 27.5 Å². The van der Waals surface area contributed by atoms with Crippen LogP contribution in [0, 0.1) is 6.92 Å². The number of piperidine rings is 2. The van der Waals surface area contributed by atoms with Gasteiger partial charge in [0, 0.05) is 77.2 Å². The van der Waals surface area contributed by atoms with Gasteiger partial charge in [-0.25, -0.2) is 14.6 Å². The van der Waals surface area contributed by atoms with Gasteiger partial charge in [-0.1, -0.05) is 0 Å². The number of aryl methyl sites for hydroxylation is 1. The van der Waals surface area contributed by atoms with Gasteiger partial charge in [-0.15, -0.1) is 5.10 Å². The Balaban J connectivity index is 1.00. The molecule has 0 spiro atoms. The number of nitrogens with one attached hydrogen (secondary N) is 5.